The van der Waals surface area contributed by atoms with Crippen molar-refractivity contribution in [3.8, 4) is 11.5 Å². The molecule has 3 aromatic rings. The van der Waals surface area contributed by atoms with Crippen molar-refractivity contribution in [2.24, 2.45) is 0 Å². The van der Waals surface area contributed by atoms with Crippen LogP contribution in [0, 0.1) is 0 Å². The SMILES string of the molecule is COc1ccc(CCS(=O)(=O)Nc2ccc3c(c2)CCCN3S(=O)(=O)c2ccc(OC)cc2)cc1. The molecule has 1 aliphatic rings. The van der Waals surface area contributed by atoms with E-state index >= 15 is 0 Å². The van der Waals surface area contributed by atoms with Crippen LogP contribution in [0.5, 0.6) is 11.5 Å². The first-order valence-electron chi connectivity index (χ1n) is 11.1. The third-order valence-electron chi connectivity index (χ3n) is 5.89. The Balaban J connectivity index is 1.49. The molecule has 4 rings (SSSR count). The van der Waals surface area contributed by atoms with Gasteiger partial charge in [0, 0.05) is 12.2 Å². The molecule has 1 heterocycles. The van der Waals surface area contributed by atoms with Gasteiger partial charge in [0.1, 0.15) is 11.5 Å². The lowest BCUT2D eigenvalue weighted by molar-refractivity contribution is 0.414. The third kappa shape index (κ3) is 5.71. The van der Waals surface area contributed by atoms with Crippen molar-refractivity contribution in [3.05, 3.63) is 77.9 Å². The summed E-state index contributed by atoms with van der Waals surface area (Å²) in [5.74, 6) is 1.22. The van der Waals surface area contributed by atoms with Crippen molar-refractivity contribution in [1.29, 1.82) is 0 Å². The topological polar surface area (TPSA) is 102 Å². The van der Waals surface area contributed by atoms with Gasteiger partial charge in [-0.05, 0) is 85.0 Å². The van der Waals surface area contributed by atoms with Crippen LogP contribution in [-0.2, 0) is 32.9 Å². The van der Waals surface area contributed by atoms with Gasteiger partial charge in [0.05, 0.1) is 30.6 Å². The summed E-state index contributed by atoms with van der Waals surface area (Å²) in [5.41, 5.74) is 2.65. The van der Waals surface area contributed by atoms with Gasteiger partial charge in [0.15, 0.2) is 0 Å². The lowest BCUT2D eigenvalue weighted by atomic mass is 10.0. The Kier molecular flexibility index (Phi) is 7.23. The molecule has 1 aliphatic heterocycles. The molecule has 0 unspecified atom stereocenters. The second-order valence-corrected chi connectivity index (χ2v) is 11.9. The lowest BCUT2D eigenvalue weighted by Gasteiger charge is -2.31. The maximum Gasteiger partial charge on any atom is 0.264 e. The summed E-state index contributed by atoms with van der Waals surface area (Å²) >= 11 is 0. The van der Waals surface area contributed by atoms with Crippen molar-refractivity contribution in [3.63, 3.8) is 0 Å². The van der Waals surface area contributed by atoms with Crippen LogP contribution in [0.1, 0.15) is 17.5 Å². The summed E-state index contributed by atoms with van der Waals surface area (Å²) < 4.78 is 66.2. The van der Waals surface area contributed by atoms with Crippen LogP contribution < -0.4 is 18.5 Å². The van der Waals surface area contributed by atoms with E-state index in [9.17, 15) is 16.8 Å². The van der Waals surface area contributed by atoms with E-state index in [1.54, 1.807) is 49.6 Å². The monoisotopic (exact) mass is 516 g/mol. The average molecular weight is 517 g/mol. The number of anilines is 2. The van der Waals surface area contributed by atoms with Crippen molar-refractivity contribution >= 4 is 31.4 Å². The molecule has 186 valence electrons. The molecular formula is C25H28N2O6S2. The number of hydrogen-bond acceptors (Lipinski definition) is 6. The predicted molar refractivity (Wildman–Crippen MR) is 136 cm³/mol. The molecule has 0 radical (unpaired) electrons. The zero-order valence-corrected chi connectivity index (χ0v) is 21.2. The zero-order chi connectivity index (χ0) is 25.1. The number of rotatable bonds is 9. The fraction of sp³-hybridized carbons (Fsp3) is 0.280. The summed E-state index contributed by atoms with van der Waals surface area (Å²) in [6.45, 7) is 0.355. The average Bonchev–Trinajstić information content (AvgIpc) is 2.87. The number of ether oxygens (including phenoxy) is 2. The molecule has 0 amide bonds. The van der Waals surface area contributed by atoms with Gasteiger partial charge in [-0.15, -0.1) is 0 Å². The Labute approximate surface area is 206 Å². The van der Waals surface area contributed by atoms with E-state index in [0.29, 0.717) is 48.7 Å². The molecule has 0 aliphatic carbocycles. The Morgan fingerprint density at radius 1 is 0.857 bits per heavy atom. The van der Waals surface area contributed by atoms with E-state index in [0.717, 1.165) is 11.1 Å². The molecule has 3 aromatic carbocycles. The molecule has 10 heteroatoms. The Morgan fingerprint density at radius 2 is 1.49 bits per heavy atom. The fourth-order valence-corrected chi connectivity index (χ4v) is 6.66. The van der Waals surface area contributed by atoms with Gasteiger partial charge in [-0.3, -0.25) is 9.03 Å². The first-order valence-corrected chi connectivity index (χ1v) is 14.2. The minimum Gasteiger partial charge on any atom is -0.497 e. The molecular weight excluding hydrogens is 488 g/mol. The van der Waals surface area contributed by atoms with Crippen LogP contribution >= 0.6 is 0 Å². The number of methoxy groups -OCH3 is 2. The van der Waals surface area contributed by atoms with Crippen LogP contribution in [0.25, 0.3) is 0 Å². The number of aryl methyl sites for hydroxylation is 2. The maximum absolute atomic E-state index is 13.3. The minimum absolute atomic E-state index is 0.0750. The first-order chi connectivity index (χ1) is 16.7. The minimum atomic E-state index is -3.76. The molecule has 8 nitrogen and oxygen atoms in total. The normalized spacial score (nSPS) is 13.7. The van der Waals surface area contributed by atoms with E-state index in [-0.39, 0.29) is 10.6 Å². The van der Waals surface area contributed by atoms with Crippen LogP contribution in [0.2, 0.25) is 0 Å². The highest BCUT2D eigenvalue weighted by Gasteiger charge is 2.29. The Morgan fingerprint density at radius 3 is 2.11 bits per heavy atom. The molecule has 0 bridgehead atoms. The number of hydrogen-bond donors (Lipinski definition) is 1. The van der Waals surface area contributed by atoms with E-state index in [2.05, 4.69) is 4.72 Å². The largest absolute Gasteiger partial charge is 0.497 e. The highest BCUT2D eigenvalue weighted by atomic mass is 32.2. The second kappa shape index (κ2) is 10.2. The van der Waals surface area contributed by atoms with Gasteiger partial charge in [-0.2, -0.15) is 0 Å². The summed E-state index contributed by atoms with van der Waals surface area (Å²) in [7, 11) is -4.25. The number of sulfonamides is 2. The van der Waals surface area contributed by atoms with Gasteiger partial charge in [-0.25, -0.2) is 16.8 Å². The van der Waals surface area contributed by atoms with Crippen LogP contribution in [-0.4, -0.2) is 43.4 Å². The smallest absolute Gasteiger partial charge is 0.264 e. The quantitative estimate of drug-likeness (QED) is 0.464. The van der Waals surface area contributed by atoms with Crippen LogP contribution in [0.4, 0.5) is 11.4 Å². The van der Waals surface area contributed by atoms with E-state index < -0.39 is 20.0 Å². The van der Waals surface area contributed by atoms with Gasteiger partial charge < -0.3 is 9.47 Å². The molecule has 1 N–H and O–H groups in total. The Hall–Kier alpha value is -3.24. The number of fused-ring (bicyclic) bond motifs is 1. The summed E-state index contributed by atoms with van der Waals surface area (Å²) in [6.07, 6.45) is 1.65. The number of nitrogens with zero attached hydrogens (tertiary/aromatic N) is 1. The van der Waals surface area contributed by atoms with Crippen LogP contribution in [0.3, 0.4) is 0 Å². The van der Waals surface area contributed by atoms with E-state index in [1.165, 1.54) is 23.5 Å². The zero-order valence-electron chi connectivity index (χ0n) is 19.6. The van der Waals surface area contributed by atoms with Crippen molar-refractivity contribution in [2.75, 3.05) is 35.5 Å². The van der Waals surface area contributed by atoms with Crippen LogP contribution in [0.15, 0.2) is 71.6 Å². The Bertz CT molecular complexity index is 1390. The van der Waals surface area contributed by atoms with E-state index in [1.807, 2.05) is 12.1 Å². The van der Waals surface area contributed by atoms with E-state index in [4.69, 9.17) is 9.47 Å². The maximum atomic E-state index is 13.3. The molecule has 0 spiro atoms. The van der Waals surface area contributed by atoms with Gasteiger partial charge in [0.2, 0.25) is 10.0 Å². The van der Waals surface area contributed by atoms with Gasteiger partial charge >= 0.3 is 0 Å². The second-order valence-electron chi connectivity index (χ2n) is 8.22. The number of nitrogens with one attached hydrogen (secondary N) is 1. The summed E-state index contributed by atoms with van der Waals surface area (Å²) in [4.78, 5) is 0.175. The first kappa shape index (κ1) is 24.9. The van der Waals surface area contributed by atoms with Gasteiger partial charge in [0.25, 0.3) is 10.0 Å². The highest BCUT2D eigenvalue weighted by molar-refractivity contribution is 7.93. The number of benzene rings is 3. The predicted octanol–water partition coefficient (Wildman–Crippen LogP) is 3.83. The highest BCUT2D eigenvalue weighted by Crippen LogP contribution is 2.34. The molecule has 0 fully saturated rings. The summed E-state index contributed by atoms with van der Waals surface area (Å²) in [5, 5.41) is 0. The molecule has 0 atom stereocenters. The molecule has 0 saturated carbocycles. The van der Waals surface area contributed by atoms with Crippen molar-refractivity contribution < 1.29 is 26.3 Å². The molecule has 35 heavy (non-hydrogen) atoms. The van der Waals surface area contributed by atoms with Gasteiger partial charge in [-0.1, -0.05) is 12.1 Å². The lowest BCUT2D eigenvalue weighted by Crippen LogP contribution is -2.35. The molecule has 0 saturated heterocycles. The fourth-order valence-electron chi connectivity index (χ4n) is 4.03. The van der Waals surface area contributed by atoms with Crippen molar-refractivity contribution in [1.82, 2.24) is 0 Å². The standard InChI is InChI=1S/C25H28N2O6S2/c1-32-22-8-5-19(6-9-22)15-17-34(28,29)26-21-7-14-25-20(18-21)4-3-16-27(25)35(30,31)24-12-10-23(33-2)11-13-24/h5-14,18,26H,3-4,15-17H2,1-2H3. The third-order valence-corrected chi connectivity index (χ3v) is 9.01. The van der Waals surface area contributed by atoms with Crippen molar-refractivity contribution in [2.45, 2.75) is 24.2 Å². The molecule has 0 aromatic heterocycles. The summed E-state index contributed by atoms with van der Waals surface area (Å²) in [6, 6.07) is 18.5.